The molecule has 0 aliphatic carbocycles. The van der Waals surface area contributed by atoms with Crippen LogP contribution in [0.25, 0.3) is 5.03 Å². The van der Waals surface area contributed by atoms with Crippen molar-refractivity contribution in [2.24, 2.45) is 0 Å². The standard InChI is InChI=1S/C12H14Cl2O2/c1-4-9(13)12(14)8-5-6-10(15-2)11(7-8)16-3/h5-7H,4H2,1-3H3/b12-9+. The first-order chi connectivity index (χ1) is 7.63. The molecule has 0 saturated carbocycles. The fourth-order valence-corrected chi connectivity index (χ4v) is 1.64. The maximum atomic E-state index is 6.13. The summed E-state index contributed by atoms with van der Waals surface area (Å²) in [5.41, 5.74) is 0.825. The summed E-state index contributed by atoms with van der Waals surface area (Å²) in [5.74, 6) is 1.31. The number of hydrogen-bond acceptors (Lipinski definition) is 2. The van der Waals surface area contributed by atoms with E-state index in [1.807, 2.05) is 13.0 Å². The summed E-state index contributed by atoms with van der Waals surface area (Å²) < 4.78 is 10.3. The van der Waals surface area contributed by atoms with Gasteiger partial charge in [-0.05, 0) is 30.2 Å². The highest BCUT2D eigenvalue weighted by atomic mass is 35.5. The Balaban J connectivity index is 3.18. The molecule has 0 amide bonds. The zero-order chi connectivity index (χ0) is 12.1. The van der Waals surface area contributed by atoms with E-state index < -0.39 is 0 Å². The van der Waals surface area contributed by atoms with Gasteiger partial charge in [-0.15, -0.1) is 0 Å². The lowest BCUT2D eigenvalue weighted by Gasteiger charge is -2.09. The molecule has 0 unspecified atom stereocenters. The Morgan fingerprint density at radius 3 is 2.25 bits per heavy atom. The zero-order valence-electron chi connectivity index (χ0n) is 9.51. The van der Waals surface area contributed by atoms with Crippen molar-refractivity contribution in [3.63, 3.8) is 0 Å². The van der Waals surface area contributed by atoms with Crippen molar-refractivity contribution in [1.82, 2.24) is 0 Å². The molecular formula is C12H14Cl2O2. The van der Waals surface area contributed by atoms with Crippen LogP contribution in [0.4, 0.5) is 0 Å². The van der Waals surface area contributed by atoms with E-state index in [2.05, 4.69) is 0 Å². The zero-order valence-corrected chi connectivity index (χ0v) is 11.0. The van der Waals surface area contributed by atoms with Gasteiger partial charge >= 0.3 is 0 Å². The summed E-state index contributed by atoms with van der Waals surface area (Å²) in [4.78, 5) is 0. The van der Waals surface area contributed by atoms with Gasteiger partial charge in [-0.2, -0.15) is 0 Å². The van der Waals surface area contributed by atoms with Crippen LogP contribution in [-0.4, -0.2) is 14.2 Å². The highest BCUT2D eigenvalue weighted by Gasteiger charge is 2.08. The van der Waals surface area contributed by atoms with Gasteiger partial charge in [0.05, 0.1) is 19.3 Å². The lowest BCUT2D eigenvalue weighted by molar-refractivity contribution is 0.355. The topological polar surface area (TPSA) is 18.5 Å². The Morgan fingerprint density at radius 2 is 1.75 bits per heavy atom. The van der Waals surface area contributed by atoms with Gasteiger partial charge in [0, 0.05) is 5.03 Å². The van der Waals surface area contributed by atoms with Gasteiger partial charge in [0.2, 0.25) is 0 Å². The van der Waals surface area contributed by atoms with Crippen molar-refractivity contribution in [2.45, 2.75) is 13.3 Å². The van der Waals surface area contributed by atoms with Crippen LogP contribution < -0.4 is 9.47 Å². The Morgan fingerprint density at radius 1 is 1.12 bits per heavy atom. The van der Waals surface area contributed by atoms with E-state index in [9.17, 15) is 0 Å². The van der Waals surface area contributed by atoms with Crippen LogP contribution in [0.3, 0.4) is 0 Å². The van der Waals surface area contributed by atoms with E-state index in [0.29, 0.717) is 28.0 Å². The third-order valence-corrected chi connectivity index (χ3v) is 3.18. The molecule has 1 aromatic rings. The maximum Gasteiger partial charge on any atom is 0.161 e. The summed E-state index contributed by atoms with van der Waals surface area (Å²) in [6.45, 7) is 1.95. The third kappa shape index (κ3) is 2.83. The molecule has 1 aromatic carbocycles. The Kier molecular flexibility index (Phi) is 4.97. The minimum atomic E-state index is 0.546. The van der Waals surface area contributed by atoms with Crippen LogP contribution in [0.2, 0.25) is 0 Å². The number of rotatable bonds is 4. The minimum absolute atomic E-state index is 0.546. The van der Waals surface area contributed by atoms with Crippen LogP contribution in [0, 0.1) is 0 Å². The normalized spacial score (nSPS) is 12.1. The highest BCUT2D eigenvalue weighted by Crippen LogP contribution is 2.34. The van der Waals surface area contributed by atoms with Gasteiger partial charge in [-0.25, -0.2) is 0 Å². The van der Waals surface area contributed by atoms with Gasteiger partial charge < -0.3 is 9.47 Å². The van der Waals surface area contributed by atoms with Gasteiger partial charge in [-0.1, -0.05) is 30.1 Å². The van der Waals surface area contributed by atoms with Crippen molar-refractivity contribution in [3.8, 4) is 11.5 Å². The lowest BCUT2D eigenvalue weighted by Crippen LogP contribution is -1.91. The second-order valence-corrected chi connectivity index (χ2v) is 3.98. The molecule has 0 spiro atoms. The first kappa shape index (κ1) is 13.2. The molecule has 0 fully saturated rings. The molecule has 0 aromatic heterocycles. The molecule has 0 atom stereocenters. The molecule has 1 rings (SSSR count). The Labute approximate surface area is 106 Å². The van der Waals surface area contributed by atoms with E-state index in [0.717, 1.165) is 5.56 Å². The van der Waals surface area contributed by atoms with Crippen molar-refractivity contribution < 1.29 is 9.47 Å². The predicted molar refractivity (Wildman–Crippen MR) is 68.5 cm³/mol. The summed E-state index contributed by atoms with van der Waals surface area (Å²) in [7, 11) is 3.18. The van der Waals surface area contributed by atoms with Crippen molar-refractivity contribution in [3.05, 3.63) is 28.8 Å². The molecule has 0 aliphatic rings. The molecule has 16 heavy (non-hydrogen) atoms. The summed E-state index contributed by atoms with van der Waals surface area (Å²) in [5, 5.41) is 1.18. The number of halogens is 2. The lowest BCUT2D eigenvalue weighted by atomic mass is 10.1. The first-order valence-corrected chi connectivity index (χ1v) is 5.66. The highest BCUT2D eigenvalue weighted by molar-refractivity contribution is 6.54. The number of ether oxygens (including phenoxy) is 2. The van der Waals surface area contributed by atoms with Gasteiger partial charge in [0.25, 0.3) is 0 Å². The Bertz CT molecular complexity index is 400. The Hall–Kier alpha value is -0.860. The second kappa shape index (κ2) is 6.02. The number of methoxy groups -OCH3 is 2. The number of hydrogen-bond donors (Lipinski definition) is 0. The molecule has 88 valence electrons. The molecule has 4 heteroatoms. The van der Waals surface area contributed by atoms with E-state index in [4.69, 9.17) is 32.7 Å². The largest absolute Gasteiger partial charge is 0.493 e. The predicted octanol–water partition coefficient (Wildman–Crippen LogP) is 4.26. The monoisotopic (exact) mass is 260 g/mol. The minimum Gasteiger partial charge on any atom is -0.493 e. The fraction of sp³-hybridized carbons (Fsp3) is 0.333. The third-order valence-electron chi connectivity index (χ3n) is 2.19. The van der Waals surface area contributed by atoms with E-state index in [1.165, 1.54) is 0 Å². The van der Waals surface area contributed by atoms with Crippen LogP contribution in [0.1, 0.15) is 18.9 Å². The van der Waals surface area contributed by atoms with Crippen LogP contribution in [0.5, 0.6) is 11.5 Å². The van der Waals surface area contributed by atoms with Crippen molar-refractivity contribution in [2.75, 3.05) is 14.2 Å². The molecule has 0 radical (unpaired) electrons. The molecule has 0 aliphatic heterocycles. The van der Waals surface area contributed by atoms with Crippen LogP contribution in [-0.2, 0) is 0 Å². The molecule has 0 saturated heterocycles. The van der Waals surface area contributed by atoms with Crippen LogP contribution in [0.15, 0.2) is 23.2 Å². The smallest absolute Gasteiger partial charge is 0.161 e. The first-order valence-electron chi connectivity index (χ1n) is 4.90. The van der Waals surface area contributed by atoms with Gasteiger partial charge in [0.15, 0.2) is 11.5 Å². The summed E-state index contributed by atoms with van der Waals surface area (Å²) >= 11 is 12.1. The summed E-state index contributed by atoms with van der Waals surface area (Å²) in [6, 6.07) is 5.46. The average Bonchev–Trinajstić information content (AvgIpc) is 2.35. The fourth-order valence-electron chi connectivity index (χ4n) is 1.28. The quantitative estimate of drug-likeness (QED) is 0.806. The molecule has 2 nitrogen and oxygen atoms in total. The molecular weight excluding hydrogens is 247 g/mol. The molecule has 0 bridgehead atoms. The van der Waals surface area contributed by atoms with E-state index in [-0.39, 0.29) is 0 Å². The number of benzene rings is 1. The van der Waals surface area contributed by atoms with Crippen molar-refractivity contribution in [1.29, 1.82) is 0 Å². The molecule has 0 N–H and O–H groups in total. The average molecular weight is 261 g/mol. The second-order valence-electron chi connectivity index (χ2n) is 3.14. The van der Waals surface area contributed by atoms with Crippen molar-refractivity contribution >= 4 is 28.2 Å². The van der Waals surface area contributed by atoms with Gasteiger partial charge in [-0.3, -0.25) is 0 Å². The van der Waals surface area contributed by atoms with E-state index >= 15 is 0 Å². The maximum absolute atomic E-state index is 6.13. The molecule has 0 heterocycles. The SMILES string of the molecule is CC/C(Cl)=C(\Cl)c1ccc(OC)c(OC)c1. The van der Waals surface area contributed by atoms with Gasteiger partial charge in [0.1, 0.15) is 0 Å². The van der Waals surface area contributed by atoms with Crippen LogP contribution >= 0.6 is 23.2 Å². The summed E-state index contributed by atoms with van der Waals surface area (Å²) in [6.07, 6.45) is 0.703. The number of allylic oxidation sites excluding steroid dienone is 1. The van der Waals surface area contributed by atoms with E-state index in [1.54, 1.807) is 26.4 Å².